The van der Waals surface area contributed by atoms with Crippen molar-refractivity contribution < 1.29 is 4.79 Å². The number of anilines is 1. The molecule has 1 aliphatic heterocycles. The monoisotopic (exact) mass is 400 g/mol. The third-order valence-corrected chi connectivity index (χ3v) is 4.94. The maximum absolute atomic E-state index is 11.7. The van der Waals surface area contributed by atoms with Gasteiger partial charge in [0.2, 0.25) is 0 Å². The zero-order valence-corrected chi connectivity index (χ0v) is 15.5. The number of benzene rings is 2. The normalized spacial score (nSPS) is 20.2. The summed E-state index contributed by atoms with van der Waals surface area (Å²) in [5.41, 5.74) is 1.90. The minimum atomic E-state index is -0.575. The van der Waals surface area contributed by atoms with E-state index >= 15 is 0 Å². The van der Waals surface area contributed by atoms with E-state index in [0.29, 0.717) is 26.5 Å². The highest BCUT2D eigenvalue weighted by Crippen LogP contribution is 2.42. The van der Waals surface area contributed by atoms with Crippen molar-refractivity contribution in [3.05, 3.63) is 63.1 Å². The molecule has 0 radical (unpaired) electrons. The number of nitrogens with zero attached hydrogens (tertiary/aromatic N) is 2. The summed E-state index contributed by atoms with van der Waals surface area (Å²) < 4.78 is 0. The van der Waals surface area contributed by atoms with Gasteiger partial charge in [0.25, 0.3) is 5.24 Å². The van der Waals surface area contributed by atoms with Crippen LogP contribution in [0.4, 0.5) is 5.69 Å². The Bertz CT molecular complexity index is 820. The molecule has 0 saturated heterocycles. The molecule has 0 aliphatic carbocycles. The van der Waals surface area contributed by atoms with E-state index in [1.807, 2.05) is 19.1 Å². The van der Waals surface area contributed by atoms with Crippen molar-refractivity contribution in [3.63, 3.8) is 0 Å². The van der Waals surface area contributed by atoms with Gasteiger partial charge in [-0.2, -0.15) is 5.10 Å². The van der Waals surface area contributed by atoms with Crippen LogP contribution in [0.25, 0.3) is 0 Å². The number of hydrogen-bond acceptors (Lipinski definition) is 3. The van der Waals surface area contributed by atoms with Gasteiger partial charge in [0.1, 0.15) is 5.71 Å². The predicted molar refractivity (Wildman–Crippen MR) is 101 cm³/mol. The standard InChI is InChI=1S/C17H12Cl4N2O/c1-9-15(17(21)24)22-23(14-7-6-12(19)8-13(14)20)16(9)10-2-4-11(18)5-3-10/h2-9,16H,1H3/t9-,16+/m0/s1. The lowest BCUT2D eigenvalue weighted by molar-refractivity contribution is -0.106. The summed E-state index contributed by atoms with van der Waals surface area (Å²) in [6, 6.07) is 12.3. The summed E-state index contributed by atoms with van der Waals surface area (Å²) in [5, 5.41) is 7.16. The molecule has 0 saturated carbocycles. The van der Waals surface area contributed by atoms with E-state index in [2.05, 4.69) is 5.10 Å². The lowest BCUT2D eigenvalue weighted by atomic mass is 9.92. The van der Waals surface area contributed by atoms with Crippen LogP contribution in [0.2, 0.25) is 15.1 Å². The Morgan fingerprint density at radius 1 is 1.04 bits per heavy atom. The first kappa shape index (κ1) is 17.6. The fraction of sp³-hybridized carbons (Fsp3) is 0.176. The average molecular weight is 402 g/mol. The van der Waals surface area contributed by atoms with E-state index in [9.17, 15) is 4.79 Å². The van der Waals surface area contributed by atoms with E-state index in [4.69, 9.17) is 46.4 Å². The predicted octanol–water partition coefficient (Wildman–Crippen LogP) is 5.97. The molecule has 0 aromatic heterocycles. The highest BCUT2D eigenvalue weighted by Gasteiger charge is 2.39. The second-order valence-electron chi connectivity index (χ2n) is 5.48. The Hall–Kier alpha value is -1.26. The first-order valence-corrected chi connectivity index (χ1v) is 8.67. The van der Waals surface area contributed by atoms with Crippen LogP contribution < -0.4 is 5.01 Å². The van der Waals surface area contributed by atoms with Gasteiger partial charge < -0.3 is 0 Å². The maximum Gasteiger partial charge on any atom is 0.268 e. The summed E-state index contributed by atoms with van der Waals surface area (Å²) in [6.45, 7) is 1.90. The fourth-order valence-corrected chi connectivity index (χ4v) is 3.64. The van der Waals surface area contributed by atoms with Crippen LogP contribution in [-0.2, 0) is 4.79 Å². The van der Waals surface area contributed by atoms with Gasteiger partial charge in [-0.25, -0.2) is 0 Å². The minimum absolute atomic E-state index is 0.206. The molecule has 2 aromatic rings. The van der Waals surface area contributed by atoms with E-state index in [1.165, 1.54) is 0 Å². The van der Waals surface area contributed by atoms with Gasteiger partial charge in [0.05, 0.1) is 16.8 Å². The molecule has 124 valence electrons. The molecule has 2 aromatic carbocycles. The summed E-state index contributed by atoms with van der Waals surface area (Å²) in [7, 11) is 0. The van der Waals surface area contributed by atoms with Crippen LogP contribution in [0.5, 0.6) is 0 Å². The van der Waals surface area contributed by atoms with Crippen molar-refractivity contribution in [2.45, 2.75) is 13.0 Å². The summed E-state index contributed by atoms with van der Waals surface area (Å²) >= 11 is 24.0. The van der Waals surface area contributed by atoms with Gasteiger partial charge in [-0.15, -0.1) is 0 Å². The Kier molecular flexibility index (Phi) is 5.07. The number of halogens is 4. The molecule has 24 heavy (non-hydrogen) atoms. The fourth-order valence-electron chi connectivity index (χ4n) is 2.81. The van der Waals surface area contributed by atoms with Gasteiger partial charge in [0.15, 0.2) is 0 Å². The van der Waals surface area contributed by atoms with Crippen LogP contribution >= 0.6 is 46.4 Å². The Morgan fingerprint density at radius 3 is 2.25 bits per heavy atom. The maximum atomic E-state index is 11.7. The molecule has 0 fully saturated rings. The first-order valence-electron chi connectivity index (χ1n) is 7.16. The average Bonchev–Trinajstić information content (AvgIpc) is 2.86. The smallest absolute Gasteiger partial charge is 0.268 e. The van der Waals surface area contributed by atoms with Crippen molar-refractivity contribution in [3.8, 4) is 0 Å². The first-order chi connectivity index (χ1) is 11.4. The molecular formula is C17H12Cl4N2O. The number of hydrazone groups is 1. The van der Waals surface area contributed by atoms with Crippen LogP contribution in [0, 0.1) is 5.92 Å². The molecule has 7 heteroatoms. The molecule has 0 amide bonds. The SMILES string of the molecule is C[C@H]1C(C(=O)Cl)=NN(c2ccc(Cl)cc2Cl)[C@H]1c1ccc(Cl)cc1. The van der Waals surface area contributed by atoms with Crippen molar-refractivity contribution in [1.82, 2.24) is 0 Å². The molecule has 3 rings (SSSR count). The van der Waals surface area contributed by atoms with E-state index in [1.54, 1.807) is 35.3 Å². The topological polar surface area (TPSA) is 32.7 Å². The third kappa shape index (κ3) is 3.27. The van der Waals surface area contributed by atoms with E-state index < -0.39 is 5.24 Å². The van der Waals surface area contributed by atoms with Gasteiger partial charge in [-0.3, -0.25) is 9.80 Å². The quantitative estimate of drug-likeness (QED) is 0.593. The molecule has 0 unspecified atom stereocenters. The van der Waals surface area contributed by atoms with Crippen molar-refractivity contribution in [1.29, 1.82) is 0 Å². The second kappa shape index (κ2) is 6.93. The number of carbonyl (C=O) groups excluding carboxylic acids is 1. The summed E-state index contributed by atoms with van der Waals surface area (Å²) in [6.07, 6.45) is 0. The van der Waals surface area contributed by atoms with Gasteiger partial charge in [-0.1, -0.05) is 53.9 Å². The van der Waals surface area contributed by atoms with Crippen molar-refractivity contribution in [2.75, 3.05) is 5.01 Å². The Labute approximate surface area is 159 Å². The molecule has 1 aliphatic rings. The minimum Gasteiger partial charge on any atom is -0.274 e. The molecule has 0 bridgehead atoms. The number of rotatable bonds is 3. The third-order valence-electron chi connectivity index (χ3n) is 3.95. The number of carbonyl (C=O) groups is 1. The molecular weight excluding hydrogens is 390 g/mol. The zero-order chi connectivity index (χ0) is 17.4. The molecule has 2 atom stereocenters. The second-order valence-corrected chi connectivity index (χ2v) is 7.11. The molecule has 0 spiro atoms. The van der Waals surface area contributed by atoms with Gasteiger partial charge in [0, 0.05) is 16.0 Å². The van der Waals surface area contributed by atoms with Crippen molar-refractivity contribution in [2.24, 2.45) is 11.0 Å². The molecule has 3 nitrogen and oxygen atoms in total. The lowest BCUT2D eigenvalue weighted by Gasteiger charge is -2.27. The van der Waals surface area contributed by atoms with E-state index in [0.717, 1.165) is 5.56 Å². The number of hydrogen-bond donors (Lipinski definition) is 0. The summed E-state index contributed by atoms with van der Waals surface area (Å²) in [5.74, 6) is -0.206. The Balaban J connectivity index is 2.11. The van der Waals surface area contributed by atoms with Crippen LogP contribution in [0.3, 0.4) is 0 Å². The van der Waals surface area contributed by atoms with Crippen molar-refractivity contribution >= 4 is 63.0 Å². The van der Waals surface area contributed by atoms with Crippen LogP contribution in [-0.4, -0.2) is 11.0 Å². The Morgan fingerprint density at radius 2 is 1.67 bits per heavy atom. The van der Waals surface area contributed by atoms with Gasteiger partial charge in [-0.05, 0) is 47.5 Å². The zero-order valence-electron chi connectivity index (χ0n) is 12.5. The van der Waals surface area contributed by atoms with E-state index in [-0.39, 0.29) is 12.0 Å². The summed E-state index contributed by atoms with van der Waals surface area (Å²) in [4.78, 5) is 11.7. The van der Waals surface area contributed by atoms with Crippen LogP contribution in [0.1, 0.15) is 18.5 Å². The van der Waals surface area contributed by atoms with Gasteiger partial charge >= 0.3 is 0 Å². The molecule has 0 N–H and O–H groups in total. The molecule has 1 heterocycles. The highest BCUT2D eigenvalue weighted by atomic mass is 35.5. The highest BCUT2D eigenvalue weighted by molar-refractivity contribution is 6.82. The van der Waals surface area contributed by atoms with Crippen LogP contribution in [0.15, 0.2) is 47.6 Å². The largest absolute Gasteiger partial charge is 0.274 e. The lowest BCUT2D eigenvalue weighted by Crippen LogP contribution is -2.25.